The Morgan fingerprint density at radius 1 is 1.08 bits per heavy atom. The van der Waals surface area contributed by atoms with Gasteiger partial charge in [0.05, 0.1) is 17.9 Å². The van der Waals surface area contributed by atoms with Crippen LogP contribution in [0.15, 0.2) is 48.5 Å². The summed E-state index contributed by atoms with van der Waals surface area (Å²) in [6.07, 6.45) is -0.706. The molecule has 5 nitrogen and oxygen atoms in total. The molecule has 2 rings (SSSR count). The Morgan fingerprint density at radius 3 is 2.42 bits per heavy atom. The van der Waals surface area contributed by atoms with E-state index in [1.807, 2.05) is 31.2 Å². The van der Waals surface area contributed by atoms with Crippen LogP contribution in [-0.2, 0) is 9.53 Å². The molecule has 24 heavy (non-hydrogen) atoms. The van der Waals surface area contributed by atoms with E-state index >= 15 is 0 Å². The van der Waals surface area contributed by atoms with Gasteiger partial charge in [0, 0.05) is 0 Å². The monoisotopic (exact) mass is 327 g/mol. The molecule has 1 amide bonds. The van der Waals surface area contributed by atoms with E-state index in [9.17, 15) is 9.59 Å². The summed E-state index contributed by atoms with van der Waals surface area (Å²) < 4.78 is 10.6. The minimum Gasteiger partial charge on any atom is -0.481 e. The molecule has 126 valence electrons. The van der Waals surface area contributed by atoms with Crippen LogP contribution in [0, 0.1) is 6.92 Å². The number of carbonyl (C=O) groups excluding carboxylic acids is 2. The van der Waals surface area contributed by atoms with Gasteiger partial charge < -0.3 is 14.8 Å². The molecule has 2 aromatic carbocycles. The molecule has 0 radical (unpaired) electrons. The van der Waals surface area contributed by atoms with Gasteiger partial charge in [0.15, 0.2) is 6.10 Å². The van der Waals surface area contributed by atoms with Crippen LogP contribution < -0.4 is 10.1 Å². The molecule has 0 saturated heterocycles. The van der Waals surface area contributed by atoms with Crippen molar-refractivity contribution in [3.63, 3.8) is 0 Å². The number of para-hydroxylation sites is 1. The molecule has 0 unspecified atom stereocenters. The first kappa shape index (κ1) is 17.5. The molecule has 0 fully saturated rings. The SMILES string of the molecule is CCOC(=O)c1ccccc1NC(=O)[C@H](C)Oc1ccc(C)cc1. The van der Waals surface area contributed by atoms with Crippen molar-refractivity contribution in [1.82, 2.24) is 0 Å². The maximum atomic E-state index is 12.3. The quantitative estimate of drug-likeness (QED) is 0.824. The first-order valence-electron chi connectivity index (χ1n) is 7.81. The third-order valence-corrected chi connectivity index (χ3v) is 3.38. The van der Waals surface area contributed by atoms with Crippen LogP contribution in [0.4, 0.5) is 5.69 Å². The van der Waals surface area contributed by atoms with E-state index in [0.717, 1.165) is 5.56 Å². The number of carbonyl (C=O) groups is 2. The first-order chi connectivity index (χ1) is 11.5. The molecule has 1 atom stereocenters. The summed E-state index contributed by atoms with van der Waals surface area (Å²) in [5, 5.41) is 2.72. The molecule has 0 aromatic heterocycles. The van der Waals surface area contributed by atoms with E-state index < -0.39 is 12.1 Å². The number of aryl methyl sites for hydroxylation is 1. The fourth-order valence-electron chi connectivity index (χ4n) is 2.09. The van der Waals surface area contributed by atoms with Crippen molar-refractivity contribution in [2.24, 2.45) is 0 Å². The Bertz CT molecular complexity index is 710. The van der Waals surface area contributed by atoms with Gasteiger partial charge in [-0.05, 0) is 45.0 Å². The fourth-order valence-corrected chi connectivity index (χ4v) is 2.09. The van der Waals surface area contributed by atoms with Gasteiger partial charge in [-0.1, -0.05) is 29.8 Å². The number of hydrogen-bond acceptors (Lipinski definition) is 4. The number of nitrogens with one attached hydrogen (secondary N) is 1. The van der Waals surface area contributed by atoms with Crippen LogP contribution in [-0.4, -0.2) is 24.6 Å². The van der Waals surface area contributed by atoms with Crippen molar-refractivity contribution in [3.8, 4) is 5.75 Å². The Kier molecular flexibility index (Phi) is 5.95. The smallest absolute Gasteiger partial charge is 0.340 e. The highest BCUT2D eigenvalue weighted by Gasteiger charge is 2.18. The lowest BCUT2D eigenvalue weighted by Crippen LogP contribution is -2.30. The Labute approximate surface area is 141 Å². The summed E-state index contributed by atoms with van der Waals surface area (Å²) in [7, 11) is 0. The zero-order valence-electron chi connectivity index (χ0n) is 14.0. The molecule has 0 aliphatic heterocycles. The second kappa shape index (κ2) is 8.15. The molecule has 0 heterocycles. The van der Waals surface area contributed by atoms with Gasteiger partial charge >= 0.3 is 5.97 Å². The molecular formula is C19H21NO4. The molecule has 1 N–H and O–H groups in total. The van der Waals surface area contributed by atoms with Gasteiger partial charge in [-0.25, -0.2) is 4.79 Å². The van der Waals surface area contributed by atoms with Crippen LogP contribution in [0.5, 0.6) is 5.75 Å². The van der Waals surface area contributed by atoms with Crippen molar-refractivity contribution in [2.45, 2.75) is 26.9 Å². The number of hydrogen-bond donors (Lipinski definition) is 1. The zero-order valence-corrected chi connectivity index (χ0v) is 14.0. The second-order valence-electron chi connectivity index (χ2n) is 5.33. The van der Waals surface area contributed by atoms with E-state index in [2.05, 4.69) is 5.32 Å². The Balaban J connectivity index is 2.06. The third-order valence-electron chi connectivity index (χ3n) is 3.38. The maximum Gasteiger partial charge on any atom is 0.340 e. The topological polar surface area (TPSA) is 64.6 Å². The number of amides is 1. The highest BCUT2D eigenvalue weighted by molar-refractivity contribution is 6.02. The molecular weight excluding hydrogens is 306 g/mol. The predicted octanol–water partition coefficient (Wildman–Crippen LogP) is 3.58. The van der Waals surface area contributed by atoms with E-state index in [4.69, 9.17) is 9.47 Å². The second-order valence-corrected chi connectivity index (χ2v) is 5.33. The lowest BCUT2D eigenvalue weighted by atomic mass is 10.1. The van der Waals surface area contributed by atoms with E-state index in [1.165, 1.54) is 0 Å². The van der Waals surface area contributed by atoms with Gasteiger partial charge in [0.1, 0.15) is 5.75 Å². The van der Waals surface area contributed by atoms with Crippen LogP contribution in [0.25, 0.3) is 0 Å². The van der Waals surface area contributed by atoms with Crippen LogP contribution in [0.1, 0.15) is 29.8 Å². The minimum atomic E-state index is -0.706. The van der Waals surface area contributed by atoms with E-state index in [-0.39, 0.29) is 12.5 Å². The van der Waals surface area contributed by atoms with Gasteiger partial charge in [-0.3, -0.25) is 4.79 Å². The number of ether oxygens (including phenoxy) is 2. The summed E-state index contributed by atoms with van der Waals surface area (Å²) in [5.74, 6) is -0.199. The van der Waals surface area contributed by atoms with Gasteiger partial charge in [-0.15, -0.1) is 0 Å². The molecule has 5 heteroatoms. The average molecular weight is 327 g/mol. The number of rotatable bonds is 6. The fraction of sp³-hybridized carbons (Fsp3) is 0.263. The highest BCUT2D eigenvalue weighted by atomic mass is 16.5. The Morgan fingerprint density at radius 2 is 1.75 bits per heavy atom. The predicted molar refractivity (Wildman–Crippen MR) is 92.3 cm³/mol. The van der Waals surface area contributed by atoms with Crippen LogP contribution in [0.2, 0.25) is 0 Å². The van der Waals surface area contributed by atoms with Crippen molar-refractivity contribution < 1.29 is 19.1 Å². The van der Waals surface area contributed by atoms with Gasteiger partial charge in [0.2, 0.25) is 0 Å². The molecule has 0 spiro atoms. The standard InChI is InChI=1S/C19H21NO4/c1-4-23-19(22)16-7-5-6-8-17(16)20-18(21)14(3)24-15-11-9-13(2)10-12-15/h5-12,14H,4H2,1-3H3,(H,20,21)/t14-/m0/s1. The highest BCUT2D eigenvalue weighted by Crippen LogP contribution is 2.18. The summed E-state index contributed by atoms with van der Waals surface area (Å²) >= 11 is 0. The summed E-state index contributed by atoms with van der Waals surface area (Å²) in [6.45, 7) is 5.64. The summed E-state index contributed by atoms with van der Waals surface area (Å²) in [4.78, 5) is 24.3. The zero-order chi connectivity index (χ0) is 17.5. The minimum absolute atomic E-state index is 0.272. The number of esters is 1. The lowest BCUT2D eigenvalue weighted by molar-refractivity contribution is -0.122. The van der Waals surface area contributed by atoms with Gasteiger partial charge in [0.25, 0.3) is 5.91 Å². The lowest BCUT2D eigenvalue weighted by Gasteiger charge is -2.16. The number of anilines is 1. The normalized spacial score (nSPS) is 11.5. The summed E-state index contributed by atoms with van der Waals surface area (Å²) in [5.41, 5.74) is 1.83. The van der Waals surface area contributed by atoms with Crippen LogP contribution in [0.3, 0.4) is 0 Å². The maximum absolute atomic E-state index is 12.3. The van der Waals surface area contributed by atoms with Crippen molar-refractivity contribution in [1.29, 1.82) is 0 Å². The van der Waals surface area contributed by atoms with E-state index in [1.54, 1.807) is 38.1 Å². The van der Waals surface area contributed by atoms with E-state index in [0.29, 0.717) is 17.0 Å². The Hall–Kier alpha value is -2.82. The molecule has 0 saturated carbocycles. The largest absolute Gasteiger partial charge is 0.481 e. The molecule has 0 bridgehead atoms. The van der Waals surface area contributed by atoms with Crippen molar-refractivity contribution >= 4 is 17.6 Å². The number of benzene rings is 2. The molecule has 0 aliphatic rings. The summed E-state index contributed by atoms with van der Waals surface area (Å²) in [6, 6.07) is 14.2. The third kappa shape index (κ3) is 4.59. The van der Waals surface area contributed by atoms with Crippen molar-refractivity contribution in [2.75, 3.05) is 11.9 Å². The van der Waals surface area contributed by atoms with Crippen LogP contribution >= 0.6 is 0 Å². The average Bonchev–Trinajstić information content (AvgIpc) is 2.57. The first-order valence-corrected chi connectivity index (χ1v) is 7.81. The van der Waals surface area contributed by atoms with Crippen molar-refractivity contribution in [3.05, 3.63) is 59.7 Å². The molecule has 2 aromatic rings. The van der Waals surface area contributed by atoms with Gasteiger partial charge in [-0.2, -0.15) is 0 Å². The molecule has 0 aliphatic carbocycles.